The maximum atomic E-state index is 13.9. The molecule has 1 saturated heterocycles. The van der Waals surface area contributed by atoms with Crippen LogP contribution in [0.2, 0.25) is 0 Å². The largest absolute Gasteiger partial charge is 0.460 e. The smallest absolute Gasteiger partial charge is 0.394 e. The van der Waals surface area contributed by atoms with Gasteiger partial charge in [0.15, 0.2) is 6.23 Å². The Morgan fingerprint density at radius 1 is 0.909 bits per heavy atom. The minimum Gasteiger partial charge on any atom is -0.394 e. The summed E-state index contributed by atoms with van der Waals surface area (Å²) in [5.74, 6) is -37.5. The van der Waals surface area contributed by atoms with Gasteiger partial charge in [-0.2, -0.15) is 57.1 Å². The molecule has 0 aromatic carbocycles. The maximum absolute atomic E-state index is 13.9. The molecule has 1 aromatic heterocycles. The van der Waals surface area contributed by atoms with E-state index in [1.165, 1.54) is 0 Å². The van der Waals surface area contributed by atoms with Crippen molar-refractivity contribution in [1.29, 1.82) is 0 Å². The van der Waals surface area contributed by atoms with Gasteiger partial charge in [0.25, 0.3) is 5.56 Å². The van der Waals surface area contributed by atoms with Gasteiger partial charge < -0.3 is 29.5 Å². The van der Waals surface area contributed by atoms with Crippen molar-refractivity contribution >= 4 is 0 Å². The van der Waals surface area contributed by atoms with Crippen LogP contribution in [0.25, 0.3) is 0 Å². The zero-order chi connectivity index (χ0) is 34.1. The van der Waals surface area contributed by atoms with E-state index in [0.717, 1.165) is 16.8 Å². The van der Waals surface area contributed by atoms with Crippen LogP contribution in [0.4, 0.5) is 57.1 Å². The van der Waals surface area contributed by atoms with E-state index in [1.54, 1.807) is 0 Å². The van der Waals surface area contributed by atoms with Crippen LogP contribution in [-0.4, -0.2) is 112 Å². The standard InChI is InChI=1S/C21H23F13N2O8/c22-16(23,17(24,25)18(26,27)19(28,29)20(30,31)21(32,33)34)3-1-5-42-9(6-37)8-43-13-12(40)10(7-38)44-14(13)36-4-2-11(39)35-15(36)41/h2,4,9-10,12-14,37-38,40H,1,3,5-8H2,(H,35,39,41). The zero-order valence-corrected chi connectivity index (χ0v) is 21.5. The first-order valence-electron chi connectivity index (χ1n) is 12.0. The number of ether oxygens (including phenoxy) is 3. The second-order valence-corrected chi connectivity index (χ2v) is 9.33. The molecule has 1 aliphatic heterocycles. The van der Waals surface area contributed by atoms with Crippen LogP contribution < -0.4 is 11.2 Å². The van der Waals surface area contributed by atoms with Gasteiger partial charge in [-0.05, 0) is 6.42 Å². The van der Waals surface area contributed by atoms with Crippen molar-refractivity contribution in [3.05, 3.63) is 33.1 Å². The minimum atomic E-state index is -8.01. The molecule has 256 valence electrons. The van der Waals surface area contributed by atoms with Crippen LogP contribution in [0, 0.1) is 0 Å². The summed E-state index contributed by atoms with van der Waals surface area (Å²) in [6.45, 7) is -3.82. The van der Waals surface area contributed by atoms with E-state index in [2.05, 4.69) is 0 Å². The van der Waals surface area contributed by atoms with Gasteiger partial charge >= 0.3 is 41.5 Å². The molecule has 0 amide bonds. The van der Waals surface area contributed by atoms with E-state index in [0.29, 0.717) is 0 Å². The topological polar surface area (TPSA) is 143 Å². The number of halogens is 13. The van der Waals surface area contributed by atoms with Crippen molar-refractivity contribution in [1.82, 2.24) is 9.55 Å². The van der Waals surface area contributed by atoms with E-state index in [9.17, 15) is 82.0 Å². The molecule has 1 aromatic rings. The molecule has 23 heteroatoms. The van der Waals surface area contributed by atoms with Gasteiger partial charge in [0, 0.05) is 25.3 Å². The summed E-state index contributed by atoms with van der Waals surface area (Å²) in [6, 6.07) is 0.873. The Morgan fingerprint density at radius 2 is 1.48 bits per heavy atom. The van der Waals surface area contributed by atoms with Crippen molar-refractivity contribution in [3.63, 3.8) is 0 Å². The molecule has 2 heterocycles. The number of aliphatic hydroxyl groups is 3. The zero-order valence-electron chi connectivity index (χ0n) is 21.5. The number of aromatic amines is 1. The van der Waals surface area contributed by atoms with Gasteiger partial charge in [-0.25, -0.2) is 4.79 Å². The molecule has 0 spiro atoms. The van der Waals surface area contributed by atoms with Crippen LogP contribution in [0.15, 0.2) is 21.9 Å². The molecule has 0 radical (unpaired) electrons. The molecule has 4 N–H and O–H groups in total. The predicted molar refractivity (Wildman–Crippen MR) is 115 cm³/mol. The lowest BCUT2D eigenvalue weighted by Crippen LogP contribution is -2.70. The summed E-state index contributed by atoms with van der Waals surface area (Å²) in [7, 11) is 0. The Balaban J connectivity index is 2.06. The third-order valence-electron chi connectivity index (χ3n) is 6.28. The second-order valence-electron chi connectivity index (χ2n) is 9.33. The van der Waals surface area contributed by atoms with Gasteiger partial charge in [-0.1, -0.05) is 0 Å². The molecule has 2 rings (SSSR count). The summed E-state index contributed by atoms with van der Waals surface area (Å²) >= 11 is 0. The number of aliphatic hydroxyl groups excluding tert-OH is 3. The molecular weight excluding hydrogens is 655 g/mol. The van der Waals surface area contributed by atoms with E-state index in [-0.39, 0.29) is 0 Å². The Labute approximate surface area is 235 Å². The quantitative estimate of drug-likeness (QED) is 0.163. The van der Waals surface area contributed by atoms with Gasteiger partial charge in [-0.3, -0.25) is 14.3 Å². The number of hydrogen-bond acceptors (Lipinski definition) is 8. The van der Waals surface area contributed by atoms with E-state index >= 15 is 0 Å². The molecule has 1 aliphatic rings. The fourth-order valence-corrected chi connectivity index (χ4v) is 3.78. The number of aromatic nitrogens is 2. The number of hydrogen-bond donors (Lipinski definition) is 4. The van der Waals surface area contributed by atoms with Crippen LogP contribution in [0.1, 0.15) is 19.1 Å². The number of rotatable bonds is 15. The summed E-state index contributed by atoms with van der Waals surface area (Å²) < 4.78 is 188. The summed E-state index contributed by atoms with van der Waals surface area (Å²) in [5, 5.41) is 29.1. The van der Waals surface area contributed by atoms with Crippen LogP contribution in [0.5, 0.6) is 0 Å². The highest BCUT2D eigenvalue weighted by molar-refractivity contribution is 5.10. The molecule has 10 nitrogen and oxygen atoms in total. The highest BCUT2D eigenvalue weighted by Crippen LogP contribution is 2.60. The van der Waals surface area contributed by atoms with Crippen molar-refractivity contribution in [2.75, 3.05) is 26.4 Å². The molecule has 44 heavy (non-hydrogen) atoms. The van der Waals surface area contributed by atoms with Gasteiger partial charge in [0.05, 0.1) is 19.8 Å². The average molecular weight is 678 g/mol. The van der Waals surface area contributed by atoms with E-state index in [4.69, 9.17) is 14.2 Å². The fraction of sp³-hybridized carbons (Fsp3) is 0.810. The SMILES string of the molecule is O=c1ccn(C2OC(CO)C(O)C2OCC(CO)OCCCC(F)(F)C(F)(F)C(F)(F)C(F)(F)C(F)(F)C(F)(F)F)c(=O)[nH]1. The first-order chi connectivity index (χ1) is 19.9. The second kappa shape index (κ2) is 13.1. The van der Waals surface area contributed by atoms with Crippen molar-refractivity contribution in [2.45, 2.75) is 79.3 Å². The van der Waals surface area contributed by atoms with Crippen LogP contribution in [0.3, 0.4) is 0 Å². The Bertz CT molecular complexity index is 1220. The third kappa shape index (κ3) is 6.85. The van der Waals surface area contributed by atoms with Crippen LogP contribution >= 0.6 is 0 Å². The first-order valence-corrected chi connectivity index (χ1v) is 12.0. The predicted octanol–water partition coefficient (Wildman–Crippen LogP) is 2.07. The summed E-state index contributed by atoms with van der Waals surface area (Å²) in [5.41, 5.74) is -1.88. The first kappa shape index (κ1) is 37.7. The van der Waals surface area contributed by atoms with E-state index in [1.807, 2.05) is 4.98 Å². The lowest BCUT2D eigenvalue weighted by Gasteiger charge is -2.39. The highest BCUT2D eigenvalue weighted by Gasteiger charge is 2.90. The van der Waals surface area contributed by atoms with Gasteiger partial charge in [0.1, 0.15) is 24.4 Å². The highest BCUT2D eigenvalue weighted by atomic mass is 19.4. The monoisotopic (exact) mass is 678 g/mol. The van der Waals surface area contributed by atoms with E-state index < -0.39 is 117 Å². The lowest BCUT2D eigenvalue weighted by atomic mass is 9.92. The molecule has 0 bridgehead atoms. The number of nitrogens with one attached hydrogen (secondary N) is 1. The van der Waals surface area contributed by atoms with Crippen LogP contribution in [-0.2, 0) is 14.2 Å². The lowest BCUT2D eigenvalue weighted by molar-refractivity contribution is -0.440. The third-order valence-corrected chi connectivity index (χ3v) is 6.28. The molecule has 0 aliphatic carbocycles. The Kier molecular flexibility index (Phi) is 11.2. The summed E-state index contributed by atoms with van der Waals surface area (Å²) in [4.78, 5) is 25.2. The molecule has 1 fully saturated rings. The minimum absolute atomic E-state index is 0.728. The normalized spacial score (nSPS) is 23.3. The number of alkyl halides is 13. The summed E-state index contributed by atoms with van der Waals surface area (Å²) in [6.07, 6.45) is -18.2. The maximum Gasteiger partial charge on any atom is 0.460 e. The molecular formula is C21H23F13N2O8. The fourth-order valence-electron chi connectivity index (χ4n) is 3.78. The molecule has 0 saturated carbocycles. The van der Waals surface area contributed by atoms with Crippen molar-refractivity contribution < 1.29 is 86.6 Å². The Hall–Kier alpha value is -2.47. The van der Waals surface area contributed by atoms with Gasteiger partial charge in [0.2, 0.25) is 0 Å². The number of H-pyrrole nitrogens is 1. The van der Waals surface area contributed by atoms with Gasteiger partial charge in [-0.15, -0.1) is 0 Å². The number of nitrogens with zero attached hydrogens (tertiary/aromatic N) is 1. The van der Waals surface area contributed by atoms with Crippen molar-refractivity contribution in [3.8, 4) is 0 Å². The Morgan fingerprint density at radius 3 is 1.98 bits per heavy atom. The van der Waals surface area contributed by atoms with Crippen molar-refractivity contribution in [2.24, 2.45) is 0 Å². The molecule has 5 unspecified atom stereocenters. The average Bonchev–Trinajstić information content (AvgIpc) is 3.21. The molecule has 5 atom stereocenters.